The highest BCUT2D eigenvalue weighted by atomic mass is 16.7. The quantitative estimate of drug-likeness (QED) is 0.691. The van der Waals surface area contributed by atoms with Crippen molar-refractivity contribution in [2.75, 3.05) is 33.6 Å². The second-order valence-electron chi connectivity index (χ2n) is 4.67. The minimum atomic E-state index is 0.325. The molecule has 5 nitrogen and oxygen atoms in total. The first kappa shape index (κ1) is 14.1. The third-order valence-electron chi connectivity index (χ3n) is 3.03. The molecule has 1 aromatic rings. The van der Waals surface area contributed by atoms with Crippen LogP contribution in [0.1, 0.15) is 12.5 Å². The molecular formula is C14H22N2O3. The Morgan fingerprint density at radius 1 is 1.32 bits per heavy atom. The second-order valence-corrected chi connectivity index (χ2v) is 4.67. The zero-order chi connectivity index (χ0) is 13.5. The average Bonchev–Trinajstić information content (AvgIpc) is 2.89. The molecule has 19 heavy (non-hydrogen) atoms. The molecule has 0 aromatic heterocycles. The minimum absolute atomic E-state index is 0.325. The lowest BCUT2D eigenvalue weighted by molar-refractivity contribution is 0.174. The van der Waals surface area contributed by atoms with Crippen LogP contribution in [0, 0.1) is 0 Å². The maximum Gasteiger partial charge on any atom is 0.231 e. The van der Waals surface area contributed by atoms with E-state index in [-0.39, 0.29) is 0 Å². The average molecular weight is 266 g/mol. The van der Waals surface area contributed by atoms with E-state index in [2.05, 4.69) is 23.6 Å². The molecule has 2 N–H and O–H groups in total. The van der Waals surface area contributed by atoms with E-state index in [0.717, 1.165) is 37.7 Å². The summed E-state index contributed by atoms with van der Waals surface area (Å²) in [7, 11) is 1.71. The number of hydrogen-bond donors (Lipinski definition) is 2. The summed E-state index contributed by atoms with van der Waals surface area (Å²) >= 11 is 0. The van der Waals surface area contributed by atoms with Gasteiger partial charge in [-0.1, -0.05) is 6.07 Å². The van der Waals surface area contributed by atoms with Gasteiger partial charge in [0.25, 0.3) is 0 Å². The molecule has 0 saturated heterocycles. The van der Waals surface area contributed by atoms with Gasteiger partial charge in [-0.05, 0) is 24.6 Å². The van der Waals surface area contributed by atoms with Crippen LogP contribution >= 0.6 is 0 Å². The molecule has 0 radical (unpaired) electrons. The highest BCUT2D eigenvalue weighted by Crippen LogP contribution is 2.32. The third kappa shape index (κ3) is 4.38. The van der Waals surface area contributed by atoms with Crippen molar-refractivity contribution in [3.8, 4) is 11.5 Å². The van der Waals surface area contributed by atoms with Gasteiger partial charge in [-0.15, -0.1) is 0 Å². The van der Waals surface area contributed by atoms with Crippen molar-refractivity contribution in [3.63, 3.8) is 0 Å². The Labute approximate surface area is 114 Å². The van der Waals surface area contributed by atoms with Crippen LogP contribution in [-0.4, -0.2) is 39.6 Å². The number of ether oxygens (including phenoxy) is 3. The maximum atomic E-state index is 5.36. The molecule has 106 valence electrons. The summed E-state index contributed by atoms with van der Waals surface area (Å²) in [6.45, 7) is 5.86. The van der Waals surface area contributed by atoms with Gasteiger partial charge in [-0.3, -0.25) is 0 Å². The first-order valence-corrected chi connectivity index (χ1v) is 6.61. The normalized spacial score (nSPS) is 14.6. The van der Waals surface area contributed by atoms with E-state index in [1.807, 2.05) is 12.1 Å². The maximum absolute atomic E-state index is 5.36. The van der Waals surface area contributed by atoms with E-state index >= 15 is 0 Å². The van der Waals surface area contributed by atoms with Crippen LogP contribution < -0.4 is 20.1 Å². The molecule has 1 aromatic carbocycles. The predicted octanol–water partition coefficient (Wildman–Crippen LogP) is 1.13. The Kier molecular flexibility index (Phi) is 5.44. The van der Waals surface area contributed by atoms with Gasteiger partial charge in [0, 0.05) is 32.8 Å². The van der Waals surface area contributed by atoms with E-state index < -0.39 is 0 Å². The van der Waals surface area contributed by atoms with Crippen LogP contribution in [-0.2, 0) is 11.3 Å². The van der Waals surface area contributed by atoms with Crippen molar-refractivity contribution in [1.82, 2.24) is 10.6 Å². The summed E-state index contributed by atoms with van der Waals surface area (Å²) in [5.41, 5.74) is 1.20. The van der Waals surface area contributed by atoms with Gasteiger partial charge < -0.3 is 24.8 Å². The zero-order valence-electron chi connectivity index (χ0n) is 11.6. The smallest absolute Gasteiger partial charge is 0.231 e. The summed E-state index contributed by atoms with van der Waals surface area (Å²) in [5, 5.41) is 6.80. The molecule has 0 spiro atoms. The number of rotatable bonds is 8. The van der Waals surface area contributed by atoms with Gasteiger partial charge in [-0.2, -0.15) is 0 Å². The lowest BCUT2D eigenvalue weighted by Crippen LogP contribution is -2.37. The summed E-state index contributed by atoms with van der Waals surface area (Å²) < 4.78 is 15.6. The topological polar surface area (TPSA) is 51.8 Å². The lowest BCUT2D eigenvalue weighted by Gasteiger charge is -2.14. The predicted molar refractivity (Wildman–Crippen MR) is 73.6 cm³/mol. The van der Waals surface area contributed by atoms with Crippen molar-refractivity contribution in [2.24, 2.45) is 0 Å². The Bertz CT molecular complexity index is 398. The number of methoxy groups -OCH3 is 1. The fourth-order valence-corrected chi connectivity index (χ4v) is 1.91. The van der Waals surface area contributed by atoms with Crippen LogP contribution in [0.3, 0.4) is 0 Å². The number of hydrogen-bond acceptors (Lipinski definition) is 5. The van der Waals surface area contributed by atoms with Gasteiger partial charge in [0.2, 0.25) is 6.79 Å². The van der Waals surface area contributed by atoms with E-state index in [4.69, 9.17) is 14.2 Å². The van der Waals surface area contributed by atoms with E-state index in [0.29, 0.717) is 12.8 Å². The summed E-state index contributed by atoms with van der Waals surface area (Å²) in [6.07, 6.45) is 0. The largest absolute Gasteiger partial charge is 0.454 e. The minimum Gasteiger partial charge on any atom is -0.454 e. The molecule has 0 saturated carbocycles. The molecule has 5 heteroatoms. The molecule has 2 rings (SSSR count). The van der Waals surface area contributed by atoms with Crippen LogP contribution in [0.4, 0.5) is 0 Å². The van der Waals surface area contributed by atoms with Crippen LogP contribution in [0.5, 0.6) is 11.5 Å². The molecule has 0 amide bonds. The van der Waals surface area contributed by atoms with E-state index in [9.17, 15) is 0 Å². The standard InChI is InChI=1S/C14H22N2O3/c1-11(8-15-5-6-17-2)16-9-12-3-4-13-14(7-12)19-10-18-13/h3-4,7,11,15-16H,5-6,8-10H2,1-2H3. The van der Waals surface area contributed by atoms with Gasteiger partial charge in [0.1, 0.15) is 0 Å². The molecule has 1 heterocycles. The van der Waals surface area contributed by atoms with Crippen molar-refractivity contribution in [3.05, 3.63) is 23.8 Å². The Morgan fingerprint density at radius 3 is 3.00 bits per heavy atom. The number of nitrogens with one attached hydrogen (secondary N) is 2. The van der Waals surface area contributed by atoms with Crippen LogP contribution in [0.2, 0.25) is 0 Å². The highest BCUT2D eigenvalue weighted by Gasteiger charge is 2.13. The lowest BCUT2D eigenvalue weighted by atomic mass is 10.2. The first-order chi connectivity index (χ1) is 9.29. The Balaban J connectivity index is 1.70. The van der Waals surface area contributed by atoms with E-state index in [1.165, 1.54) is 5.56 Å². The second kappa shape index (κ2) is 7.33. The van der Waals surface area contributed by atoms with Crippen LogP contribution in [0.15, 0.2) is 18.2 Å². The first-order valence-electron chi connectivity index (χ1n) is 6.61. The molecule has 1 unspecified atom stereocenters. The van der Waals surface area contributed by atoms with E-state index in [1.54, 1.807) is 7.11 Å². The van der Waals surface area contributed by atoms with Crippen molar-refractivity contribution in [1.29, 1.82) is 0 Å². The summed E-state index contributed by atoms with van der Waals surface area (Å²) in [6, 6.07) is 6.45. The van der Waals surface area contributed by atoms with Gasteiger partial charge in [0.05, 0.1) is 6.61 Å². The molecular weight excluding hydrogens is 244 g/mol. The molecule has 0 aliphatic carbocycles. The van der Waals surface area contributed by atoms with Crippen molar-refractivity contribution >= 4 is 0 Å². The number of fused-ring (bicyclic) bond motifs is 1. The summed E-state index contributed by atoms with van der Waals surface area (Å²) in [5.74, 6) is 1.67. The fraction of sp³-hybridized carbons (Fsp3) is 0.571. The van der Waals surface area contributed by atoms with Gasteiger partial charge >= 0.3 is 0 Å². The number of benzene rings is 1. The molecule has 1 atom stereocenters. The zero-order valence-corrected chi connectivity index (χ0v) is 11.6. The SMILES string of the molecule is COCCNCC(C)NCc1ccc2c(c1)OCO2. The Morgan fingerprint density at radius 2 is 2.16 bits per heavy atom. The monoisotopic (exact) mass is 266 g/mol. The fourth-order valence-electron chi connectivity index (χ4n) is 1.91. The van der Waals surface area contributed by atoms with Gasteiger partial charge in [-0.25, -0.2) is 0 Å². The molecule has 1 aliphatic heterocycles. The molecule has 0 fully saturated rings. The van der Waals surface area contributed by atoms with Gasteiger partial charge in [0.15, 0.2) is 11.5 Å². The molecule has 0 bridgehead atoms. The van der Waals surface area contributed by atoms with Crippen molar-refractivity contribution in [2.45, 2.75) is 19.5 Å². The van der Waals surface area contributed by atoms with Crippen LogP contribution in [0.25, 0.3) is 0 Å². The molecule has 1 aliphatic rings. The van der Waals surface area contributed by atoms with Crippen molar-refractivity contribution < 1.29 is 14.2 Å². The Hall–Kier alpha value is -1.30. The highest BCUT2D eigenvalue weighted by molar-refractivity contribution is 5.44. The summed E-state index contributed by atoms with van der Waals surface area (Å²) in [4.78, 5) is 0. The third-order valence-corrected chi connectivity index (χ3v) is 3.03.